The Morgan fingerprint density at radius 2 is 2.20 bits per heavy atom. The molecule has 1 saturated carbocycles. The van der Waals surface area contributed by atoms with Gasteiger partial charge in [-0.1, -0.05) is 0 Å². The van der Waals surface area contributed by atoms with Crippen LogP contribution in [0, 0.1) is 17.2 Å². The van der Waals surface area contributed by atoms with E-state index in [1.54, 1.807) is 24.5 Å². The van der Waals surface area contributed by atoms with Gasteiger partial charge in [-0.3, -0.25) is 9.78 Å². The third kappa shape index (κ3) is 2.41. The maximum absolute atomic E-state index is 11.8. The molecule has 15 heavy (non-hydrogen) atoms. The number of pyridine rings is 1. The van der Waals surface area contributed by atoms with Crippen LogP contribution in [-0.2, 0) is 4.79 Å². The van der Waals surface area contributed by atoms with Crippen molar-refractivity contribution in [1.82, 2.24) is 4.98 Å². The molecule has 0 aromatic carbocycles. The van der Waals surface area contributed by atoms with E-state index >= 15 is 0 Å². The largest absolute Gasteiger partial charge is 0.298 e. The summed E-state index contributed by atoms with van der Waals surface area (Å²) in [5, 5.41) is 8.99. The molecule has 0 N–H and O–H groups in total. The fourth-order valence-corrected chi connectivity index (χ4v) is 1.61. The molecule has 1 aliphatic rings. The predicted octanol–water partition coefficient (Wildman–Crippen LogP) is 2.06. The first-order valence-corrected chi connectivity index (χ1v) is 5.13. The van der Waals surface area contributed by atoms with Crippen molar-refractivity contribution in [3.05, 3.63) is 30.1 Å². The molecule has 1 aliphatic carbocycles. The zero-order valence-electron chi connectivity index (χ0n) is 8.39. The lowest BCUT2D eigenvalue weighted by atomic mass is 9.94. The number of rotatable bonds is 4. The zero-order chi connectivity index (χ0) is 10.7. The van der Waals surface area contributed by atoms with Crippen molar-refractivity contribution in [2.24, 2.45) is 5.92 Å². The van der Waals surface area contributed by atoms with E-state index in [2.05, 4.69) is 11.1 Å². The molecule has 1 aromatic heterocycles. The van der Waals surface area contributed by atoms with E-state index in [1.807, 2.05) is 0 Å². The van der Waals surface area contributed by atoms with E-state index < -0.39 is 5.92 Å². The molecule has 0 spiro atoms. The Balaban J connectivity index is 2.10. The van der Waals surface area contributed by atoms with Gasteiger partial charge in [0.15, 0.2) is 5.78 Å². The number of nitrogens with zero attached hydrogens (tertiary/aromatic N) is 2. The summed E-state index contributed by atoms with van der Waals surface area (Å²) in [4.78, 5) is 15.7. The lowest BCUT2D eigenvalue weighted by Gasteiger charge is -2.06. The molecular weight excluding hydrogens is 188 g/mol. The normalized spacial score (nSPS) is 16.7. The third-order valence-electron chi connectivity index (χ3n) is 2.68. The zero-order valence-corrected chi connectivity index (χ0v) is 8.39. The van der Waals surface area contributed by atoms with Crippen molar-refractivity contribution >= 4 is 5.78 Å². The van der Waals surface area contributed by atoms with Crippen molar-refractivity contribution < 1.29 is 4.79 Å². The van der Waals surface area contributed by atoms with Gasteiger partial charge in [0.2, 0.25) is 0 Å². The quantitative estimate of drug-likeness (QED) is 0.747. The van der Waals surface area contributed by atoms with Gasteiger partial charge in [0.1, 0.15) is 5.92 Å². The molecule has 0 radical (unpaired) electrons. The van der Waals surface area contributed by atoms with E-state index in [0.29, 0.717) is 12.3 Å². The van der Waals surface area contributed by atoms with Gasteiger partial charge in [0, 0.05) is 18.8 Å². The number of Topliss-reactive ketones (excluding diaryl/α,β-unsaturated/α-hetero) is 1. The number of carbonyl (C=O) groups is 1. The number of ketones is 1. The topological polar surface area (TPSA) is 53.8 Å². The van der Waals surface area contributed by atoms with E-state index in [-0.39, 0.29) is 5.78 Å². The van der Waals surface area contributed by atoms with Crippen LogP contribution >= 0.6 is 0 Å². The molecular formula is C12H12N2O. The monoisotopic (exact) mass is 200 g/mol. The standard InChI is InChI=1S/C12H12N2O/c13-8-11(10-3-5-14-6-4-10)12(15)7-9-1-2-9/h3-6,9,11H,1-2,7H2. The lowest BCUT2D eigenvalue weighted by Crippen LogP contribution is -2.11. The van der Waals surface area contributed by atoms with Crippen LogP contribution in [0.25, 0.3) is 0 Å². The predicted molar refractivity (Wildman–Crippen MR) is 54.9 cm³/mol. The van der Waals surface area contributed by atoms with Crippen LogP contribution < -0.4 is 0 Å². The fourth-order valence-electron chi connectivity index (χ4n) is 1.61. The molecule has 0 saturated heterocycles. The summed E-state index contributed by atoms with van der Waals surface area (Å²) in [7, 11) is 0. The molecule has 3 nitrogen and oxygen atoms in total. The molecule has 1 heterocycles. The minimum absolute atomic E-state index is 0.0474. The lowest BCUT2D eigenvalue weighted by molar-refractivity contribution is -0.119. The van der Waals surface area contributed by atoms with Gasteiger partial charge in [-0.25, -0.2) is 0 Å². The molecule has 3 heteroatoms. The second-order valence-corrected chi connectivity index (χ2v) is 3.96. The van der Waals surface area contributed by atoms with Gasteiger partial charge in [0.25, 0.3) is 0 Å². The number of hydrogen-bond acceptors (Lipinski definition) is 3. The van der Waals surface area contributed by atoms with Crippen LogP contribution in [0.3, 0.4) is 0 Å². The first kappa shape index (κ1) is 9.85. The molecule has 0 amide bonds. The average Bonchev–Trinajstić information content (AvgIpc) is 3.04. The Labute approximate surface area is 88.8 Å². The van der Waals surface area contributed by atoms with Crippen molar-refractivity contribution in [1.29, 1.82) is 5.26 Å². The Hall–Kier alpha value is -1.69. The van der Waals surface area contributed by atoms with Gasteiger partial charge in [-0.2, -0.15) is 5.26 Å². The number of hydrogen-bond donors (Lipinski definition) is 0. The fraction of sp³-hybridized carbons (Fsp3) is 0.417. The van der Waals surface area contributed by atoms with Crippen molar-refractivity contribution in [3.8, 4) is 6.07 Å². The highest BCUT2D eigenvalue weighted by atomic mass is 16.1. The minimum Gasteiger partial charge on any atom is -0.298 e. The summed E-state index contributed by atoms with van der Waals surface area (Å²) in [6, 6.07) is 5.54. The van der Waals surface area contributed by atoms with E-state index in [4.69, 9.17) is 5.26 Å². The maximum atomic E-state index is 11.8. The van der Waals surface area contributed by atoms with Crippen molar-refractivity contribution in [2.45, 2.75) is 25.2 Å². The van der Waals surface area contributed by atoms with Crippen molar-refractivity contribution in [2.75, 3.05) is 0 Å². The number of carbonyl (C=O) groups excluding carboxylic acids is 1. The third-order valence-corrected chi connectivity index (χ3v) is 2.68. The Bertz CT molecular complexity index is 390. The van der Waals surface area contributed by atoms with Crippen LogP contribution in [0.5, 0.6) is 0 Å². The minimum atomic E-state index is -0.603. The summed E-state index contributed by atoms with van der Waals surface area (Å²) in [6.07, 6.45) is 6.06. The second-order valence-electron chi connectivity index (χ2n) is 3.96. The Morgan fingerprint density at radius 3 is 2.73 bits per heavy atom. The number of aromatic nitrogens is 1. The summed E-state index contributed by atoms with van der Waals surface area (Å²) in [5.74, 6) is -0.0185. The van der Waals surface area contributed by atoms with Crippen LogP contribution in [0.1, 0.15) is 30.7 Å². The first-order valence-electron chi connectivity index (χ1n) is 5.13. The SMILES string of the molecule is N#CC(C(=O)CC1CC1)c1ccncc1. The smallest absolute Gasteiger partial charge is 0.154 e. The van der Waals surface area contributed by atoms with Crippen LogP contribution in [0.2, 0.25) is 0 Å². The molecule has 1 aromatic rings. The average molecular weight is 200 g/mol. The highest BCUT2D eigenvalue weighted by Gasteiger charge is 2.29. The molecule has 1 atom stereocenters. The maximum Gasteiger partial charge on any atom is 0.154 e. The molecule has 2 rings (SSSR count). The van der Waals surface area contributed by atoms with E-state index in [1.165, 1.54) is 0 Å². The van der Waals surface area contributed by atoms with Crippen LogP contribution in [0.15, 0.2) is 24.5 Å². The Morgan fingerprint density at radius 1 is 1.53 bits per heavy atom. The van der Waals surface area contributed by atoms with Crippen molar-refractivity contribution in [3.63, 3.8) is 0 Å². The molecule has 1 fully saturated rings. The highest BCUT2D eigenvalue weighted by molar-refractivity contribution is 5.88. The van der Waals surface area contributed by atoms with Crippen LogP contribution in [0.4, 0.5) is 0 Å². The van der Waals surface area contributed by atoms with Gasteiger partial charge in [-0.05, 0) is 36.5 Å². The number of nitriles is 1. The van der Waals surface area contributed by atoms with E-state index in [0.717, 1.165) is 18.4 Å². The molecule has 76 valence electrons. The summed E-state index contributed by atoms with van der Waals surface area (Å²) in [5.41, 5.74) is 0.762. The van der Waals surface area contributed by atoms with Gasteiger partial charge >= 0.3 is 0 Å². The summed E-state index contributed by atoms with van der Waals surface area (Å²) in [6.45, 7) is 0. The summed E-state index contributed by atoms with van der Waals surface area (Å²) < 4.78 is 0. The molecule has 0 aliphatic heterocycles. The molecule has 0 bridgehead atoms. The first-order chi connectivity index (χ1) is 7.31. The summed E-state index contributed by atoms with van der Waals surface area (Å²) >= 11 is 0. The highest BCUT2D eigenvalue weighted by Crippen LogP contribution is 2.34. The Kier molecular flexibility index (Phi) is 2.77. The van der Waals surface area contributed by atoms with Gasteiger partial charge < -0.3 is 0 Å². The van der Waals surface area contributed by atoms with Crippen LogP contribution in [-0.4, -0.2) is 10.8 Å². The van der Waals surface area contributed by atoms with Gasteiger partial charge in [0.05, 0.1) is 6.07 Å². The second kappa shape index (κ2) is 4.22. The van der Waals surface area contributed by atoms with Gasteiger partial charge in [-0.15, -0.1) is 0 Å². The van der Waals surface area contributed by atoms with E-state index in [9.17, 15) is 4.79 Å². The molecule has 1 unspecified atom stereocenters.